The van der Waals surface area contributed by atoms with Gasteiger partial charge in [-0.05, 0) is 42.5 Å². The maximum Gasteiger partial charge on any atom is 0.248 e. The van der Waals surface area contributed by atoms with Crippen molar-refractivity contribution in [1.29, 1.82) is 0 Å². The van der Waals surface area contributed by atoms with E-state index in [1.165, 1.54) is 12.1 Å². The molecule has 1 amide bonds. The van der Waals surface area contributed by atoms with E-state index in [0.29, 0.717) is 11.4 Å². The zero-order chi connectivity index (χ0) is 21.4. The zero-order valence-electron chi connectivity index (χ0n) is 15.9. The van der Waals surface area contributed by atoms with Gasteiger partial charge in [0.2, 0.25) is 21.6 Å². The Hall–Kier alpha value is -3.84. The summed E-state index contributed by atoms with van der Waals surface area (Å²) in [5.74, 6) is -1.12. The molecule has 0 unspecified atom stereocenters. The van der Waals surface area contributed by atoms with E-state index >= 15 is 0 Å². The minimum Gasteiger partial charge on any atom is -0.494 e. The molecule has 3 N–H and O–H groups in total. The standard InChI is InChI=1S/C23H20N2O4S/c26-22(24-18-10-4-1-5-11-18)17-16-21(23(27)25-19-12-6-2-7-13-19)30(28,29)20-14-8-3-9-15-20/h1-17,25,27H,(H,24,26)/b17-16+,23-21+. The first-order chi connectivity index (χ1) is 14.5. The van der Waals surface area contributed by atoms with E-state index in [1.54, 1.807) is 72.8 Å². The lowest BCUT2D eigenvalue weighted by atomic mass is 10.3. The molecule has 7 heteroatoms. The summed E-state index contributed by atoms with van der Waals surface area (Å²) < 4.78 is 26.2. The summed E-state index contributed by atoms with van der Waals surface area (Å²) in [4.78, 5) is 11.8. The predicted octanol–water partition coefficient (Wildman–Crippen LogP) is 4.49. The first-order valence-corrected chi connectivity index (χ1v) is 10.5. The number of allylic oxidation sites excluding steroid dienone is 1. The number of nitrogens with one attached hydrogen (secondary N) is 2. The van der Waals surface area contributed by atoms with Crippen molar-refractivity contribution in [2.75, 3.05) is 10.6 Å². The first-order valence-electron chi connectivity index (χ1n) is 9.06. The highest BCUT2D eigenvalue weighted by molar-refractivity contribution is 7.95. The fourth-order valence-electron chi connectivity index (χ4n) is 2.60. The molecule has 3 rings (SSSR count). The molecule has 30 heavy (non-hydrogen) atoms. The molecule has 3 aromatic carbocycles. The Morgan fingerprint density at radius 2 is 1.17 bits per heavy atom. The lowest BCUT2D eigenvalue weighted by Crippen LogP contribution is -2.13. The van der Waals surface area contributed by atoms with Crippen LogP contribution in [0, 0.1) is 0 Å². The van der Waals surface area contributed by atoms with Crippen molar-refractivity contribution >= 4 is 27.1 Å². The average Bonchev–Trinajstić information content (AvgIpc) is 2.76. The van der Waals surface area contributed by atoms with Gasteiger partial charge in [0.05, 0.1) is 4.90 Å². The highest BCUT2D eigenvalue weighted by atomic mass is 32.2. The van der Waals surface area contributed by atoms with Gasteiger partial charge in [0.1, 0.15) is 4.91 Å². The maximum atomic E-state index is 13.1. The van der Waals surface area contributed by atoms with Gasteiger partial charge >= 0.3 is 0 Å². The van der Waals surface area contributed by atoms with Crippen LogP contribution in [0.15, 0.2) is 119 Å². The third kappa shape index (κ3) is 5.36. The largest absolute Gasteiger partial charge is 0.494 e. The Morgan fingerprint density at radius 3 is 1.70 bits per heavy atom. The fraction of sp³-hybridized carbons (Fsp3) is 0. The molecule has 0 radical (unpaired) electrons. The van der Waals surface area contributed by atoms with Gasteiger partial charge in [-0.25, -0.2) is 8.42 Å². The molecule has 0 saturated heterocycles. The predicted molar refractivity (Wildman–Crippen MR) is 118 cm³/mol. The van der Waals surface area contributed by atoms with Crippen molar-refractivity contribution in [3.63, 3.8) is 0 Å². The van der Waals surface area contributed by atoms with Gasteiger partial charge in [-0.2, -0.15) is 0 Å². The SMILES string of the molecule is O=C(/C=C/C(=C(\O)Nc1ccccc1)S(=O)(=O)c1ccccc1)Nc1ccccc1. The molecule has 0 saturated carbocycles. The summed E-state index contributed by atoms with van der Waals surface area (Å²) in [6.45, 7) is 0. The molecule has 0 bridgehead atoms. The Bertz CT molecular complexity index is 1160. The van der Waals surface area contributed by atoms with E-state index in [2.05, 4.69) is 10.6 Å². The molecule has 0 atom stereocenters. The van der Waals surface area contributed by atoms with Crippen LogP contribution in [-0.2, 0) is 14.6 Å². The summed E-state index contributed by atoms with van der Waals surface area (Å²) in [5, 5.41) is 15.9. The van der Waals surface area contributed by atoms with Crippen molar-refractivity contribution in [2.24, 2.45) is 0 Å². The molecule has 0 aromatic heterocycles. The number of sulfone groups is 1. The number of carbonyl (C=O) groups excluding carboxylic acids is 1. The zero-order valence-corrected chi connectivity index (χ0v) is 16.7. The van der Waals surface area contributed by atoms with Gasteiger partial charge in [-0.1, -0.05) is 54.6 Å². The summed E-state index contributed by atoms with van der Waals surface area (Å²) in [5.41, 5.74) is 1.06. The Morgan fingerprint density at radius 1 is 0.700 bits per heavy atom. The molecule has 0 heterocycles. The number of para-hydroxylation sites is 2. The highest BCUT2D eigenvalue weighted by Gasteiger charge is 2.23. The van der Waals surface area contributed by atoms with Crippen LogP contribution in [0.5, 0.6) is 0 Å². The van der Waals surface area contributed by atoms with Crippen molar-refractivity contribution in [3.8, 4) is 0 Å². The molecule has 0 fully saturated rings. The van der Waals surface area contributed by atoms with Crippen LogP contribution in [0.3, 0.4) is 0 Å². The van der Waals surface area contributed by atoms with Gasteiger partial charge in [0.25, 0.3) is 0 Å². The van der Waals surface area contributed by atoms with Crippen molar-refractivity contribution in [3.05, 3.63) is 114 Å². The second kappa shape index (κ2) is 9.58. The van der Waals surface area contributed by atoms with Crippen LogP contribution in [0.1, 0.15) is 0 Å². The summed E-state index contributed by atoms with van der Waals surface area (Å²) >= 11 is 0. The van der Waals surface area contributed by atoms with Crippen LogP contribution >= 0.6 is 0 Å². The molecule has 6 nitrogen and oxygen atoms in total. The number of carbonyl (C=O) groups is 1. The number of benzene rings is 3. The third-order valence-electron chi connectivity index (χ3n) is 4.04. The quantitative estimate of drug-likeness (QED) is 0.297. The first kappa shape index (κ1) is 20.9. The fourth-order valence-corrected chi connectivity index (χ4v) is 3.92. The molecular weight excluding hydrogens is 400 g/mol. The Balaban J connectivity index is 1.95. The monoisotopic (exact) mass is 420 g/mol. The molecule has 3 aromatic rings. The van der Waals surface area contributed by atoms with Crippen molar-refractivity contribution in [2.45, 2.75) is 4.90 Å². The molecule has 152 valence electrons. The molecule has 0 spiro atoms. The van der Waals surface area contributed by atoms with Gasteiger partial charge in [-0.3, -0.25) is 4.79 Å². The van der Waals surface area contributed by atoms with Crippen LogP contribution in [-0.4, -0.2) is 19.4 Å². The number of hydrogen-bond donors (Lipinski definition) is 3. The summed E-state index contributed by atoms with van der Waals surface area (Å²) in [7, 11) is -4.09. The lowest BCUT2D eigenvalue weighted by molar-refractivity contribution is -0.111. The normalized spacial score (nSPS) is 12.3. The molecule has 0 aliphatic carbocycles. The van der Waals surface area contributed by atoms with Crippen LogP contribution < -0.4 is 10.6 Å². The number of aliphatic hydroxyl groups is 1. The Labute approximate surface area is 175 Å². The highest BCUT2D eigenvalue weighted by Crippen LogP contribution is 2.23. The van der Waals surface area contributed by atoms with Crippen molar-refractivity contribution < 1.29 is 18.3 Å². The minimum absolute atomic E-state index is 0.00507. The van der Waals surface area contributed by atoms with Crippen LogP contribution in [0.25, 0.3) is 0 Å². The van der Waals surface area contributed by atoms with Gasteiger partial charge in [0.15, 0.2) is 0 Å². The smallest absolute Gasteiger partial charge is 0.248 e. The van der Waals surface area contributed by atoms with E-state index in [-0.39, 0.29) is 4.90 Å². The number of amides is 1. The van der Waals surface area contributed by atoms with E-state index < -0.39 is 26.5 Å². The van der Waals surface area contributed by atoms with Crippen molar-refractivity contribution in [1.82, 2.24) is 0 Å². The number of rotatable bonds is 7. The van der Waals surface area contributed by atoms with E-state index in [1.807, 2.05) is 6.07 Å². The average molecular weight is 420 g/mol. The maximum absolute atomic E-state index is 13.1. The molecular formula is C23H20N2O4S. The molecule has 0 aliphatic heterocycles. The van der Waals surface area contributed by atoms with E-state index in [0.717, 1.165) is 12.2 Å². The topological polar surface area (TPSA) is 95.5 Å². The van der Waals surface area contributed by atoms with Crippen LogP contribution in [0.4, 0.5) is 11.4 Å². The van der Waals surface area contributed by atoms with Gasteiger partial charge in [0, 0.05) is 17.5 Å². The minimum atomic E-state index is -4.09. The number of hydrogen-bond acceptors (Lipinski definition) is 5. The number of aliphatic hydroxyl groups excluding tert-OH is 1. The lowest BCUT2D eigenvalue weighted by Gasteiger charge is -2.11. The third-order valence-corrected chi connectivity index (χ3v) is 5.84. The second-order valence-electron chi connectivity index (χ2n) is 6.21. The van der Waals surface area contributed by atoms with Crippen LogP contribution in [0.2, 0.25) is 0 Å². The summed E-state index contributed by atoms with van der Waals surface area (Å²) in [6.07, 6.45) is 2.14. The summed E-state index contributed by atoms with van der Waals surface area (Å²) in [6, 6.07) is 25.1. The van der Waals surface area contributed by atoms with Gasteiger partial charge < -0.3 is 15.7 Å². The van der Waals surface area contributed by atoms with Gasteiger partial charge in [-0.15, -0.1) is 0 Å². The second-order valence-corrected chi connectivity index (χ2v) is 8.13. The molecule has 0 aliphatic rings. The number of anilines is 2. The van der Waals surface area contributed by atoms with E-state index in [4.69, 9.17) is 0 Å². The van der Waals surface area contributed by atoms with E-state index in [9.17, 15) is 18.3 Å². The Kier molecular flexibility index (Phi) is 6.67.